The highest BCUT2D eigenvalue weighted by Crippen LogP contribution is 2.40. The zero-order chi connectivity index (χ0) is 40.6. The molecule has 3 aromatic rings. The number of nitrogens with zero attached hydrogens (tertiary/aromatic N) is 1. The fourth-order valence-corrected chi connectivity index (χ4v) is 7.55. The lowest BCUT2D eigenvalue weighted by Crippen LogP contribution is -2.67. The Hall–Kier alpha value is -4.50. The minimum absolute atomic E-state index is 0.00343. The Kier molecular flexibility index (Phi) is 14.2. The van der Waals surface area contributed by atoms with E-state index in [0.29, 0.717) is 50.3 Å². The molecule has 2 aromatic carbocycles. The molecule has 4 amide bonds. The van der Waals surface area contributed by atoms with Crippen LogP contribution in [0.3, 0.4) is 0 Å². The number of H-pyrrole nitrogens is 1. The highest BCUT2D eigenvalue weighted by atomic mass is 19.4. The summed E-state index contributed by atoms with van der Waals surface area (Å²) < 4.78 is 62.1. The summed E-state index contributed by atoms with van der Waals surface area (Å²) in [6, 6.07) is 7.56. The molecule has 5 rings (SSSR count). The van der Waals surface area contributed by atoms with Crippen molar-refractivity contribution in [1.82, 2.24) is 31.2 Å². The quantitative estimate of drug-likeness (QED) is 0.104. The number of rotatable bonds is 16. The van der Waals surface area contributed by atoms with E-state index < -0.39 is 58.8 Å². The van der Waals surface area contributed by atoms with Gasteiger partial charge in [-0.25, -0.2) is 4.39 Å². The van der Waals surface area contributed by atoms with Gasteiger partial charge in [-0.15, -0.1) is 0 Å². The molecule has 1 saturated heterocycles. The van der Waals surface area contributed by atoms with E-state index in [1.807, 2.05) is 20.8 Å². The first-order valence-corrected chi connectivity index (χ1v) is 19.6. The van der Waals surface area contributed by atoms with E-state index in [0.717, 1.165) is 25.7 Å². The van der Waals surface area contributed by atoms with Crippen LogP contribution in [0.15, 0.2) is 42.5 Å². The number of ether oxygens (including phenoxy) is 1. The number of aromatic amines is 1. The SMILES string of the molecule is CCC(C)[C@H](NC(=O)Cc1ccccc1F)C(=O)N[C@]1(C(=O)N[C@H](C(=O)NCCCN2CCOCC2)C(C)CC)CCc2[nH]c3c(C(F)(F)F)cccc3c2C1. The van der Waals surface area contributed by atoms with E-state index in [1.54, 1.807) is 19.1 Å². The maximum atomic E-state index is 14.7. The Bertz CT molecular complexity index is 1860. The van der Waals surface area contributed by atoms with Gasteiger partial charge in [-0.05, 0) is 60.9 Å². The zero-order valence-electron chi connectivity index (χ0n) is 32.5. The van der Waals surface area contributed by atoms with Gasteiger partial charge in [-0.1, -0.05) is 70.9 Å². The monoisotopic (exact) mass is 786 g/mol. The minimum atomic E-state index is -4.64. The molecule has 1 aliphatic heterocycles. The number of amides is 4. The van der Waals surface area contributed by atoms with Crippen LogP contribution in [0, 0.1) is 17.7 Å². The minimum Gasteiger partial charge on any atom is -0.379 e. The number of aryl methyl sites for hydroxylation is 1. The molecular formula is C41H54F4N6O5. The van der Waals surface area contributed by atoms with E-state index >= 15 is 0 Å². The summed E-state index contributed by atoms with van der Waals surface area (Å²) in [5.74, 6) is -3.61. The van der Waals surface area contributed by atoms with Crippen molar-refractivity contribution in [3.8, 4) is 0 Å². The Morgan fingerprint density at radius 1 is 0.929 bits per heavy atom. The smallest absolute Gasteiger partial charge is 0.379 e. The first-order chi connectivity index (χ1) is 26.7. The van der Waals surface area contributed by atoms with E-state index in [4.69, 9.17) is 4.74 Å². The van der Waals surface area contributed by atoms with Gasteiger partial charge in [0.25, 0.3) is 0 Å². The van der Waals surface area contributed by atoms with Crippen LogP contribution < -0.4 is 21.3 Å². The lowest BCUT2D eigenvalue weighted by Gasteiger charge is -2.39. The van der Waals surface area contributed by atoms with Gasteiger partial charge < -0.3 is 31.0 Å². The molecule has 56 heavy (non-hydrogen) atoms. The molecular weight excluding hydrogens is 732 g/mol. The van der Waals surface area contributed by atoms with Gasteiger partial charge in [0.05, 0.1) is 30.7 Å². The van der Waals surface area contributed by atoms with Crippen molar-refractivity contribution in [2.24, 2.45) is 11.8 Å². The van der Waals surface area contributed by atoms with Crippen LogP contribution in [0.1, 0.15) is 75.8 Å². The number of para-hydroxylation sites is 1. The number of hydrogen-bond acceptors (Lipinski definition) is 6. The number of carbonyl (C=O) groups excluding carboxylic acids is 4. The van der Waals surface area contributed by atoms with E-state index in [1.165, 1.54) is 24.3 Å². The highest BCUT2D eigenvalue weighted by Gasteiger charge is 2.47. The van der Waals surface area contributed by atoms with Crippen LogP contribution in [0.5, 0.6) is 0 Å². The van der Waals surface area contributed by atoms with Gasteiger partial charge in [-0.3, -0.25) is 24.1 Å². The standard InChI is InChI=1S/C41H54F4N6O5/c1-5-25(3)34(37(53)46-17-10-18-51-19-21-56-22-20-51)49-39(55)40(16-15-32-29(24-40)28-12-9-13-30(36(28)47-32)41(43,44)45)50-38(54)35(26(4)6-2)48-33(52)23-27-11-7-8-14-31(27)42/h7-9,11-14,25-26,34-35,47H,5-6,10,15-24H2,1-4H3,(H,46,53)(H,48,52)(H,49,55)(H,50,54)/t25?,26?,34-,35-,40+/m0/s1. The van der Waals surface area contributed by atoms with Gasteiger partial charge in [0.1, 0.15) is 23.4 Å². The molecule has 0 radical (unpaired) electrons. The first kappa shape index (κ1) is 42.6. The average Bonchev–Trinajstić information content (AvgIpc) is 3.55. The summed E-state index contributed by atoms with van der Waals surface area (Å²) in [4.78, 5) is 61.2. The van der Waals surface area contributed by atoms with E-state index in [9.17, 15) is 36.7 Å². The third-order valence-corrected chi connectivity index (χ3v) is 11.4. The molecule has 5 N–H and O–H groups in total. The van der Waals surface area contributed by atoms with Crippen molar-refractivity contribution in [3.63, 3.8) is 0 Å². The molecule has 11 nitrogen and oxygen atoms in total. The molecule has 1 aromatic heterocycles. The van der Waals surface area contributed by atoms with Crippen LogP contribution in [-0.2, 0) is 49.4 Å². The van der Waals surface area contributed by atoms with Crippen molar-refractivity contribution >= 4 is 34.5 Å². The first-order valence-electron chi connectivity index (χ1n) is 19.6. The predicted molar refractivity (Wildman–Crippen MR) is 204 cm³/mol. The second-order valence-corrected chi connectivity index (χ2v) is 15.2. The van der Waals surface area contributed by atoms with Crippen molar-refractivity contribution in [2.45, 2.75) is 96.4 Å². The van der Waals surface area contributed by atoms with Gasteiger partial charge in [-0.2, -0.15) is 13.2 Å². The average molecular weight is 787 g/mol. The number of alkyl halides is 3. The second kappa shape index (κ2) is 18.6. The Morgan fingerprint density at radius 3 is 2.27 bits per heavy atom. The lowest BCUT2D eigenvalue weighted by atomic mass is 9.78. The molecule has 2 heterocycles. The fourth-order valence-electron chi connectivity index (χ4n) is 7.55. The molecule has 1 fully saturated rings. The van der Waals surface area contributed by atoms with Crippen LogP contribution >= 0.6 is 0 Å². The maximum absolute atomic E-state index is 14.7. The summed E-state index contributed by atoms with van der Waals surface area (Å²) in [5, 5.41) is 11.8. The summed E-state index contributed by atoms with van der Waals surface area (Å²) in [6.07, 6.45) is -3.33. The summed E-state index contributed by atoms with van der Waals surface area (Å²) in [6.45, 7) is 11.4. The molecule has 5 atom stereocenters. The molecule has 2 aliphatic rings. The van der Waals surface area contributed by atoms with Crippen molar-refractivity contribution in [2.75, 3.05) is 39.4 Å². The predicted octanol–water partition coefficient (Wildman–Crippen LogP) is 4.81. The molecule has 2 unspecified atom stereocenters. The Morgan fingerprint density at radius 2 is 1.61 bits per heavy atom. The van der Waals surface area contributed by atoms with Crippen LogP contribution in [0.4, 0.5) is 17.6 Å². The van der Waals surface area contributed by atoms with Gasteiger partial charge >= 0.3 is 6.18 Å². The zero-order valence-corrected chi connectivity index (χ0v) is 32.5. The van der Waals surface area contributed by atoms with Gasteiger partial charge in [0.2, 0.25) is 23.6 Å². The maximum Gasteiger partial charge on any atom is 0.418 e. The van der Waals surface area contributed by atoms with Gasteiger partial charge in [0, 0.05) is 37.1 Å². The molecule has 306 valence electrons. The number of fused-ring (bicyclic) bond motifs is 3. The Balaban J connectivity index is 1.43. The van der Waals surface area contributed by atoms with E-state index in [2.05, 4.69) is 31.2 Å². The third kappa shape index (κ3) is 10.1. The normalized spacial score (nSPS) is 19.6. The van der Waals surface area contributed by atoms with Crippen LogP contribution in [-0.4, -0.2) is 90.5 Å². The van der Waals surface area contributed by atoms with Gasteiger partial charge in [0.15, 0.2) is 0 Å². The van der Waals surface area contributed by atoms with E-state index in [-0.39, 0.29) is 54.0 Å². The highest BCUT2D eigenvalue weighted by molar-refractivity contribution is 5.98. The summed E-state index contributed by atoms with van der Waals surface area (Å²) >= 11 is 0. The summed E-state index contributed by atoms with van der Waals surface area (Å²) in [7, 11) is 0. The van der Waals surface area contributed by atoms with Crippen LogP contribution in [0.25, 0.3) is 10.9 Å². The molecule has 15 heteroatoms. The second-order valence-electron chi connectivity index (χ2n) is 15.2. The van der Waals surface area contributed by atoms with Crippen molar-refractivity contribution < 1.29 is 41.5 Å². The lowest BCUT2D eigenvalue weighted by molar-refractivity contribution is -0.139. The molecule has 1 aliphatic carbocycles. The molecule has 0 saturated carbocycles. The number of nitrogens with one attached hydrogen (secondary N) is 5. The third-order valence-electron chi connectivity index (χ3n) is 11.4. The number of hydrogen-bond donors (Lipinski definition) is 5. The molecule has 0 spiro atoms. The number of benzene rings is 2. The van der Waals surface area contributed by atoms with Crippen LogP contribution in [0.2, 0.25) is 0 Å². The van der Waals surface area contributed by atoms with Crippen molar-refractivity contribution in [3.05, 3.63) is 70.7 Å². The van der Waals surface area contributed by atoms with Crippen molar-refractivity contribution in [1.29, 1.82) is 0 Å². The number of carbonyl (C=O) groups is 4. The fraction of sp³-hybridized carbons (Fsp3) is 0.561. The largest absolute Gasteiger partial charge is 0.418 e. The summed E-state index contributed by atoms with van der Waals surface area (Å²) in [5.41, 5.74) is -1.55. The number of morpholine rings is 1. The number of aromatic nitrogens is 1. The topological polar surface area (TPSA) is 145 Å². The number of halogens is 4. The Labute approximate surface area is 325 Å². The molecule has 0 bridgehead atoms.